The van der Waals surface area contributed by atoms with Gasteiger partial charge in [0.15, 0.2) is 6.61 Å². The Morgan fingerprint density at radius 1 is 1.17 bits per heavy atom. The standard InChI is InChI=1S/C16H14Cl2N2O4/c1-23-14-7-12(19)11(18)6-9(14)16(22)24-8-15(21)20-13-5-3-2-4-10(13)17/h2-7H,8,19H2,1H3,(H,20,21). The van der Waals surface area contributed by atoms with E-state index < -0.39 is 18.5 Å². The molecule has 0 saturated carbocycles. The third-order valence-electron chi connectivity index (χ3n) is 3.02. The summed E-state index contributed by atoms with van der Waals surface area (Å²) in [6, 6.07) is 9.44. The van der Waals surface area contributed by atoms with Crippen LogP contribution in [-0.4, -0.2) is 25.6 Å². The van der Waals surface area contributed by atoms with Gasteiger partial charge in [0.05, 0.1) is 28.5 Å². The molecule has 0 fully saturated rings. The van der Waals surface area contributed by atoms with E-state index in [4.69, 9.17) is 38.4 Å². The van der Waals surface area contributed by atoms with Gasteiger partial charge in [-0.1, -0.05) is 35.3 Å². The fraction of sp³-hybridized carbons (Fsp3) is 0.125. The Hall–Kier alpha value is -2.44. The first-order valence-corrected chi connectivity index (χ1v) is 7.52. The van der Waals surface area contributed by atoms with Gasteiger partial charge in [0.2, 0.25) is 0 Å². The SMILES string of the molecule is COc1cc(N)c(Cl)cc1C(=O)OCC(=O)Nc1ccccc1Cl. The molecule has 6 nitrogen and oxygen atoms in total. The van der Waals surface area contributed by atoms with Crippen molar-refractivity contribution in [2.24, 2.45) is 0 Å². The van der Waals surface area contributed by atoms with Gasteiger partial charge in [-0.3, -0.25) is 4.79 Å². The molecule has 0 saturated heterocycles. The molecule has 2 aromatic carbocycles. The molecule has 0 aliphatic heterocycles. The highest BCUT2D eigenvalue weighted by Crippen LogP contribution is 2.29. The van der Waals surface area contributed by atoms with Crippen molar-refractivity contribution >= 4 is 46.5 Å². The van der Waals surface area contributed by atoms with Crippen molar-refractivity contribution in [2.45, 2.75) is 0 Å². The molecular weight excluding hydrogens is 355 g/mol. The number of hydrogen-bond acceptors (Lipinski definition) is 5. The molecule has 126 valence electrons. The van der Waals surface area contributed by atoms with Crippen LogP contribution in [0.4, 0.5) is 11.4 Å². The third kappa shape index (κ3) is 4.31. The largest absolute Gasteiger partial charge is 0.496 e. The Bertz CT molecular complexity index is 781. The number of rotatable bonds is 5. The quantitative estimate of drug-likeness (QED) is 0.623. The van der Waals surface area contributed by atoms with Gasteiger partial charge in [0.1, 0.15) is 11.3 Å². The van der Waals surface area contributed by atoms with E-state index in [0.29, 0.717) is 10.7 Å². The molecule has 8 heteroatoms. The average Bonchev–Trinajstić information content (AvgIpc) is 2.56. The van der Waals surface area contributed by atoms with Gasteiger partial charge in [-0.15, -0.1) is 0 Å². The molecule has 0 bridgehead atoms. The number of hydrogen-bond donors (Lipinski definition) is 2. The Labute approximate surface area is 148 Å². The van der Waals surface area contributed by atoms with Gasteiger partial charge in [0, 0.05) is 6.07 Å². The predicted molar refractivity (Wildman–Crippen MR) is 92.8 cm³/mol. The number of para-hydroxylation sites is 1. The highest BCUT2D eigenvalue weighted by molar-refractivity contribution is 6.34. The van der Waals surface area contributed by atoms with Gasteiger partial charge in [-0.25, -0.2) is 4.79 Å². The molecule has 24 heavy (non-hydrogen) atoms. The molecule has 2 aromatic rings. The fourth-order valence-electron chi connectivity index (χ4n) is 1.86. The number of anilines is 2. The summed E-state index contributed by atoms with van der Waals surface area (Å²) in [7, 11) is 1.38. The number of nitrogens with two attached hydrogens (primary N) is 1. The van der Waals surface area contributed by atoms with Crippen LogP contribution < -0.4 is 15.8 Å². The normalized spacial score (nSPS) is 10.1. The molecule has 0 aliphatic rings. The van der Waals surface area contributed by atoms with Crippen LogP contribution in [0.25, 0.3) is 0 Å². The van der Waals surface area contributed by atoms with Crippen LogP contribution in [0.5, 0.6) is 5.75 Å². The number of halogens is 2. The van der Waals surface area contributed by atoms with E-state index in [-0.39, 0.29) is 22.0 Å². The van der Waals surface area contributed by atoms with Crippen molar-refractivity contribution in [3.05, 3.63) is 52.0 Å². The van der Waals surface area contributed by atoms with Crippen molar-refractivity contribution in [1.29, 1.82) is 0 Å². The molecule has 0 spiro atoms. The summed E-state index contributed by atoms with van der Waals surface area (Å²) < 4.78 is 10.0. The lowest BCUT2D eigenvalue weighted by molar-refractivity contribution is -0.119. The highest BCUT2D eigenvalue weighted by atomic mass is 35.5. The lowest BCUT2D eigenvalue weighted by Gasteiger charge is -2.11. The Kier molecular flexibility index (Phi) is 5.89. The van der Waals surface area contributed by atoms with Crippen molar-refractivity contribution < 1.29 is 19.1 Å². The molecule has 0 aliphatic carbocycles. The lowest BCUT2D eigenvalue weighted by Crippen LogP contribution is -2.21. The van der Waals surface area contributed by atoms with Gasteiger partial charge >= 0.3 is 5.97 Å². The summed E-state index contributed by atoms with van der Waals surface area (Å²) >= 11 is 11.8. The maximum absolute atomic E-state index is 12.1. The summed E-state index contributed by atoms with van der Waals surface area (Å²) in [5, 5.41) is 3.10. The van der Waals surface area contributed by atoms with Crippen molar-refractivity contribution in [2.75, 3.05) is 24.8 Å². The van der Waals surface area contributed by atoms with E-state index in [1.54, 1.807) is 24.3 Å². The molecule has 0 heterocycles. The minimum atomic E-state index is -0.761. The number of carbonyl (C=O) groups excluding carboxylic acids is 2. The summed E-state index contributed by atoms with van der Waals surface area (Å²) in [5.74, 6) is -1.09. The fourth-order valence-corrected chi connectivity index (χ4v) is 2.20. The Morgan fingerprint density at radius 3 is 2.54 bits per heavy atom. The van der Waals surface area contributed by atoms with E-state index >= 15 is 0 Å². The number of ether oxygens (including phenoxy) is 2. The molecule has 0 aromatic heterocycles. The van der Waals surface area contributed by atoms with E-state index in [1.165, 1.54) is 19.2 Å². The first kappa shape index (κ1) is 17.9. The number of nitrogen functional groups attached to an aromatic ring is 1. The molecular formula is C16H14Cl2N2O4. The second-order valence-corrected chi connectivity index (χ2v) is 5.49. The van der Waals surface area contributed by atoms with Crippen LogP contribution in [-0.2, 0) is 9.53 Å². The summed E-state index contributed by atoms with van der Waals surface area (Å²) in [4.78, 5) is 24.0. The molecule has 1 amide bonds. The smallest absolute Gasteiger partial charge is 0.342 e. The summed E-state index contributed by atoms with van der Waals surface area (Å²) in [5.41, 5.74) is 6.41. The first-order valence-electron chi connectivity index (χ1n) is 6.77. The van der Waals surface area contributed by atoms with Crippen LogP contribution in [0, 0.1) is 0 Å². The Balaban J connectivity index is 2.02. The number of carbonyl (C=O) groups is 2. The van der Waals surface area contributed by atoms with Gasteiger partial charge in [-0.2, -0.15) is 0 Å². The molecule has 0 radical (unpaired) electrons. The molecule has 3 N–H and O–H groups in total. The van der Waals surface area contributed by atoms with Crippen LogP contribution in [0.2, 0.25) is 10.0 Å². The van der Waals surface area contributed by atoms with Crippen LogP contribution in [0.1, 0.15) is 10.4 Å². The molecule has 0 atom stereocenters. The number of methoxy groups -OCH3 is 1. The maximum Gasteiger partial charge on any atom is 0.342 e. The van der Waals surface area contributed by atoms with Crippen LogP contribution in [0.3, 0.4) is 0 Å². The van der Waals surface area contributed by atoms with Crippen molar-refractivity contribution in [3.63, 3.8) is 0 Å². The van der Waals surface area contributed by atoms with Gasteiger partial charge in [-0.05, 0) is 18.2 Å². The van der Waals surface area contributed by atoms with Crippen LogP contribution in [0.15, 0.2) is 36.4 Å². The monoisotopic (exact) mass is 368 g/mol. The van der Waals surface area contributed by atoms with E-state index in [1.807, 2.05) is 0 Å². The maximum atomic E-state index is 12.1. The third-order valence-corrected chi connectivity index (χ3v) is 3.68. The lowest BCUT2D eigenvalue weighted by atomic mass is 10.2. The second-order valence-electron chi connectivity index (χ2n) is 4.68. The topological polar surface area (TPSA) is 90.7 Å². The zero-order chi connectivity index (χ0) is 17.7. The van der Waals surface area contributed by atoms with Crippen molar-refractivity contribution in [1.82, 2.24) is 0 Å². The van der Waals surface area contributed by atoms with E-state index in [2.05, 4.69) is 5.32 Å². The number of benzene rings is 2. The summed E-state index contributed by atoms with van der Waals surface area (Å²) in [6.07, 6.45) is 0. The van der Waals surface area contributed by atoms with E-state index in [0.717, 1.165) is 0 Å². The zero-order valence-corrected chi connectivity index (χ0v) is 14.1. The van der Waals surface area contributed by atoms with Crippen molar-refractivity contribution in [3.8, 4) is 5.75 Å². The number of amides is 1. The van der Waals surface area contributed by atoms with Gasteiger partial charge < -0.3 is 20.5 Å². The molecule has 0 unspecified atom stereocenters. The second kappa shape index (κ2) is 7.90. The molecule has 2 rings (SSSR count). The first-order chi connectivity index (χ1) is 11.4. The minimum absolute atomic E-state index is 0.0715. The highest BCUT2D eigenvalue weighted by Gasteiger charge is 2.18. The zero-order valence-electron chi connectivity index (χ0n) is 12.6. The average molecular weight is 369 g/mol. The summed E-state index contributed by atoms with van der Waals surface area (Å²) in [6.45, 7) is -0.491. The van der Waals surface area contributed by atoms with Crippen LogP contribution >= 0.6 is 23.2 Å². The predicted octanol–water partition coefficient (Wildman–Crippen LogP) is 3.38. The number of nitrogens with one attached hydrogen (secondary N) is 1. The van der Waals surface area contributed by atoms with Gasteiger partial charge in [0.25, 0.3) is 5.91 Å². The van der Waals surface area contributed by atoms with E-state index in [9.17, 15) is 9.59 Å². The minimum Gasteiger partial charge on any atom is -0.496 e. The Morgan fingerprint density at radius 2 is 1.88 bits per heavy atom. The number of esters is 1.